The Morgan fingerprint density at radius 2 is 0.950 bits per heavy atom. The van der Waals surface area contributed by atoms with E-state index in [2.05, 4.69) is 213 Å². The summed E-state index contributed by atoms with van der Waals surface area (Å²) in [6.45, 7) is 4.69. The first-order valence-electron chi connectivity index (χ1n) is 20.7. The van der Waals surface area contributed by atoms with E-state index in [0.717, 1.165) is 83.2 Å². The Balaban J connectivity index is 1.09. The van der Waals surface area contributed by atoms with Gasteiger partial charge in [-0.2, -0.15) is 0 Å². The van der Waals surface area contributed by atoms with E-state index in [1.54, 1.807) is 0 Å². The Morgan fingerprint density at radius 1 is 0.367 bits per heavy atom. The van der Waals surface area contributed by atoms with Crippen LogP contribution in [0.15, 0.2) is 209 Å². The van der Waals surface area contributed by atoms with Gasteiger partial charge in [-0.15, -0.1) is 0 Å². The molecule has 0 saturated carbocycles. The average molecular weight is 770 g/mol. The van der Waals surface area contributed by atoms with Gasteiger partial charge in [-0.1, -0.05) is 172 Å². The highest BCUT2D eigenvalue weighted by atomic mass is 16.3. The number of nitrogens with zero attached hydrogens (tertiary/aromatic N) is 1. The second-order valence-corrected chi connectivity index (χ2v) is 16.4. The van der Waals surface area contributed by atoms with E-state index < -0.39 is 0 Å². The summed E-state index contributed by atoms with van der Waals surface area (Å²) in [7, 11) is 0. The first-order valence-corrected chi connectivity index (χ1v) is 20.7. The van der Waals surface area contributed by atoms with Gasteiger partial charge in [-0.05, 0) is 87.0 Å². The van der Waals surface area contributed by atoms with Crippen molar-refractivity contribution in [2.24, 2.45) is 0 Å². The molecule has 11 aromatic rings. The fraction of sp³-hybridized carbons (Fsp3) is 0.0526. The van der Waals surface area contributed by atoms with Crippen LogP contribution >= 0.6 is 0 Å². The maximum Gasteiger partial charge on any atom is 0.143 e. The van der Waals surface area contributed by atoms with Crippen molar-refractivity contribution in [3.63, 3.8) is 0 Å². The van der Waals surface area contributed by atoms with Crippen LogP contribution in [0.2, 0.25) is 0 Å². The van der Waals surface area contributed by atoms with E-state index in [4.69, 9.17) is 8.83 Å². The summed E-state index contributed by atoms with van der Waals surface area (Å²) in [6.07, 6.45) is 0. The highest BCUT2D eigenvalue weighted by molar-refractivity contribution is 6.20. The van der Waals surface area contributed by atoms with Gasteiger partial charge in [0.25, 0.3) is 0 Å². The minimum absolute atomic E-state index is 0.166. The molecule has 284 valence electrons. The zero-order valence-electron chi connectivity index (χ0n) is 33.3. The predicted octanol–water partition coefficient (Wildman–Crippen LogP) is 16.3. The summed E-state index contributed by atoms with van der Waals surface area (Å²) in [5.74, 6) is 0. The highest BCUT2D eigenvalue weighted by Crippen LogP contribution is 2.53. The monoisotopic (exact) mass is 769 g/mol. The maximum absolute atomic E-state index is 6.81. The lowest BCUT2D eigenvalue weighted by Crippen LogP contribution is -2.17. The lowest BCUT2D eigenvalue weighted by Gasteiger charge is -2.30. The molecule has 0 fully saturated rings. The molecule has 0 N–H and O–H groups in total. The SMILES string of the molecule is CC1(C)c2ccccc2-c2ccc(N(c3ccccc3-c3ccc(-c4ccccc4)cc3)c3cccc4oc5cc6c(cc5c34)oc3c(-c4ccccc4)cccc36)cc21. The van der Waals surface area contributed by atoms with Crippen LogP contribution in [0.1, 0.15) is 25.0 Å². The lowest BCUT2D eigenvalue weighted by molar-refractivity contribution is 0.660. The molecule has 3 heteroatoms. The van der Waals surface area contributed by atoms with Gasteiger partial charge < -0.3 is 13.7 Å². The Labute approximate surface area is 348 Å². The Bertz CT molecular complexity index is 3450. The molecular formula is C57H39NO2. The molecule has 0 aliphatic heterocycles. The number of hydrogen-bond acceptors (Lipinski definition) is 3. The number of anilines is 3. The molecule has 60 heavy (non-hydrogen) atoms. The second-order valence-electron chi connectivity index (χ2n) is 16.4. The fourth-order valence-electron chi connectivity index (χ4n) is 9.75. The summed E-state index contributed by atoms with van der Waals surface area (Å²) in [5.41, 5.74) is 18.6. The average Bonchev–Trinajstić information content (AvgIpc) is 3.93. The van der Waals surface area contributed by atoms with E-state index in [1.807, 2.05) is 6.07 Å². The van der Waals surface area contributed by atoms with Crippen LogP contribution < -0.4 is 4.90 Å². The molecule has 3 nitrogen and oxygen atoms in total. The zero-order valence-corrected chi connectivity index (χ0v) is 33.3. The Kier molecular flexibility index (Phi) is 7.58. The van der Waals surface area contributed by atoms with E-state index >= 15 is 0 Å². The molecule has 12 rings (SSSR count). The van der Waals surface area contributed by atoms with Crippen molar-refractivity contribution in [1.82, 2.24) is 0 Å². The molecule has 0 unspecified atom stereocenters. The number of fused-ring (bicyclic) bond motifs is 9. The minimum Gasteiger partial charge on any atom is -0.456 e. The summed E-state index contributed by atoms with van der Waals surface area (Å²) in [6, 6.07) is 71.8. The van der Waals surface area contributed by atoms with Crippen molar-refractivity contribution in [2.75, 3.05) is 4.90 Å². The quantitative estimate of drug-likeness (QED) is 0.169. The predicted molar refractivity (Wildman–Crippen MR) is 250 cm³/mol. The third kappa shape index (κ3) is 5.22. The third-order valence-corrected chi connectivity index (χ3v) is 12.7. The van der Waals surface area contributed by atoms with Crippen LogP contribution in [0.5, 0.6) is 0 Å². The standard InChI is InChI=1S/C57H39NO2/c1-57(2)48-23-11-9-20-43(48)44-32-31-40(33-49(44)57)58(50-24-12-10-19-41(50)39-29-27-37(28-30-39)36-15-5-3-6-16-36)51-25-14-26-52-55(51)47-35-53-46(34-54(47)59-52)45-22-13-21-42(56(45)60-53)38-17-7-4-8-18-38/h3-35H,1-2H3. The van der Waals surface area contributed by atoms with Crippen molar-refractivity contribution in [2.45, 2.75) is 19.3 Å². The summed E-state index contributed by atoms with van der Waals surface area (Å²) < 4.78 is 13.6. The van der Waals surface area contributed by atoms with Crippen molar-refractivity contribution >= 4 is 60.9 Å². The molecule has 0 amide bonds. The van der Waals surface area contributed by atoms with Gasteiger partial charge in [0.15, 0.2) is 0 Å². The van der Waals surface area contributed by atoms with Crippen LogP contribution in [0.25, 0.3) is 88.4 Å². The summed E-state index contributed by atoms with van der Waals surface area (Å²) in [5, 5.41) is 4.16. The van der Waals surface area contributed by atoms with Gasteiger partial charge >= 0.3 is 0 Å². The molecule has 0 bridgehead atoms. The van der Waals surface area contributed by atoms with Crippen molar-refractivity contribution in [1.29, 1.82) is 0 Å². The second kappa shape index (κ2) is 13.2. The molecule has 1 aliphatic carbocycles. The number of benzene rings is 9. The van der Waals surface area contributed by atoms with Crippen molar-refractivity contribution in [3.05, 3.63) is 211 Å². The molecule has 1 aliphatic rings. The highest BCUT2D eigenvalue weighted by Gasteiger charge is 2.36. The number of para-hydroxylation sites is 2. The van der Waals surface area contributed by atoms with Crippen LogP contribution in [0.4, 0.5) is 17.1 Å². The van der Waals surface area contributed by atoms with E-state index in [-0.39, 0.29) is 5.41 Å². The van der Waals surface area contributed by atoms with Gasteiger partial charge in [0.2, 0.25) is 0 Å². The van der Waals surface area contributed by atoms with Crippen LogP contribution in [0.3, 0.4) is 0 Å². The van der Waals surface area contributed by atoms with Gasteiger partial charge in [-0.25, -0.2) is 0 Å². The topological polar surface area (TPSA) is 29.5 Å². The minimum atomic E-state index is -0.166. The van der Waals surface area contributed by atoms with E-state index in [0.29, 0.717) is 0 Å². The largest absolute Gasteiger partial charge is 0.456 e. The first-order chi connectivity index (χ1) is 29.5. The number of furan rings is 2. The molecule has 0 atom stereocenters. The molecule has 0 saturated heterocycles. The van der Waals surface area contributed by atoms with Crippen molar-refractivity contribution in [3.8, 4) is 44.5 Å². The summed E-state index contributed by atoms with van der Waals surface area (Å²) in [4.78, 5) is 2.44. The number of rotatable bonds is 6. The smallest absolute Gasteiger partial charge is 0.143 e. The Hall–Kier alpha value is -7.62. The van der Waals surface area contributed by atoms with Gasteiger partial charge in [0, 0.05) is 38.4 Å². The molecule has 0 radical (unpaired) electrons. The normalized spacial score (nSPS) is 13.0. The van der Waals surface area contributed by atoms with Gasteiger partial charge in [0.1, 0.15) is 22.3 Å². The van der Waals surface area contributed by atoms with Gasteiger partial charge in [0.05, 0.1) is 16.8 Å². The molecule has 9 aromatic carbocycles. The molecular weight excluding hydrogens is 731 g/mol. The molecule has 2 heterocycles. The van der Waals surface area contributed by atoms with Crippen molar-refractivity contribution < 1.29 is 8.83 Å². The zero-order chi connectivity index (χ0) is 40.0. The third-order valence-electron chi connectivity index (χ3n) is 12.7. The van der Waals surface area contributed by atoms with Gasteiger partial charge in [-0.3, -0.25) is 0 Å². The Morgan fingerprint density at radius 3 is 1.77 bits per heavy atom. The van der Waals surface area contributed by atoms with Crippen LogP contribution in [0, 0.1) is 0 Å². The van der Waals surface area contributed by atoms with E-state index in [9.17, 15) is 0 Å². The lowest BCUT2D eigenvalue weighted by atomic mass is 9.82. The van der Waals surface area contributed by atoms with Crippen LogP contribution in [-0.2, 0) is 5.41 Å². The van der Waals surface area contributed by atoms with E-state index in [1.165, 1.54) is 33.4 Å². The van der Waals surface area contributed by atoms with Crippen LogP contribution in [-0.4, -0.2) is 0 Å². The summed E-state index contributed by atoms with van der Waals surface area (Å²) >= 11 is 0. The molecule has 2 aromatic heterocycles. The number of hydrogen-bond donors (Lipinski definition) is 0. The maximum atomic E-state index is 6.81. The fourth-order valence-corrected chi connectivity index (χ4v) is 9.75. The molecule has 0 spiro atoms. The first kappa shape index (κ1) is 34.4.